The fraction of sp³-hybridized carbons (Fsp3) is 0.500. The molecular weight excluding hydrogens is 330 g/mol. The molecule has 1 aromatic heterocycles. The molecule has 1 aliphatic rings. The molecule has 1 atom stereocenters. The molecule has 0 bridgehead atoms. The second-order valence-electron chi connectivity index (χ2n) is 6.71. The number of carbonyl (C=O) groups is 1. The number of rotatable bonds is 7. The first kappa shape index (κ1) is 18.6. The number of ether oxygens (including phenoxy) is 1. The number of benzene rings is 1. The highest BCUT2D eigenvalue weighted by molar-refractivity contribution is 6.06. The minimum absolute atomic E-state index is 0.0952. The average molecular weight is 357 g/mol. The lowest BCUT2D eigenvalue weighted by atomic mass is 10.1. The van der Waals surface area contributed by atoms with Gasteiger partial charge in [0.05, 0.1) is 12.2 Å². The number of hydrogen-bond donors (Lipinski definition) is 1. The van der Waals surface area contributed by atoms with Crippen LogP contribution in [0.1, 0.15) is 30.1 Å². The van der Waals surface area contributed by atoms with Gasteiger partial charge in [0.2, 0.25) is 0 Å². The van der Waals surface area contributed by atoms with Gasteiger partial charge in [0, 0.05) is 43.2 Å². The maximum Gasteiger partial charge on any atom is 0.258 e. The highest BCUT2D eigenvalue weighted by Crippen LogP contribution is 2.18. The van der Waals surface area contributed by atoms with E-state index in [-0.39, 0.29) is 11.5 Å². The van der Waals surface area contributed by atoms with Crippen molar-refractivity contribution in [1.29, 1.82) is 0 Å². The molecule has 0 spiro atoms. The second kappa shape index (κ2) is 8.47. The molecule has 140 valence electrons. The number of fused-ring (bicyclic) bond motifs is 1. The fourth-order valence-electron chi connectivity index (χ4n) is 3.73. The molecule has 1 amide bonds. The van der Waals surface area contributed by atoms with Gasteiger partial charge in [-0.15, -0.1) is 0 Å². The molecule has 1 fully saturated rings. The van der Waals surface area contributed by atoms with Gasteiger partial charge < -0.3 is 14.6 Å². The van der Waals surface area contributed by atoms with Gasteiger partial charge >= 0.3 is 0 Å². The Morgan fingerprint density at radius 2 is 2.08 bits per heavy atom. The molecule has 2 heterocycles. The Morgan fingerprint density at radius 3 is 2.81 bits per heavy atom. The maximum absolute atomic E-state index is 12.9. The molecule has 6 heteroatoms. The van der Waals surface area contributed by atoms with Gasteiger partial charge in [-0.1, -0.05) is 25.1 Å². The first-order valence-electron chi connectivity index (χ1n) is 9.29. The van der Waals surface area contributed by atoms with E-state index in [9.17, 15) is 9.59 Å². The summed E-state index contributed by atoms with van der Waals surface area (Å²) < 4.78 is 6.65. The van der Waals surface area contributed by atoms with Crippen molar-refractivity contribution >= 4 is 16.7 Å². The monoisotopic (exact) mass is 357 g/mol. The number of carbonyl (C=O) groups excluding carboxylic acids is 1. The Bertz CT molecular complexity index is 831. The zero-order valence-electron chi connectivity index (χ0n) is 15.5. The number of likely N-dealkylation sites (N-methyl/N-ethyl adjacent to an activating group) is 1. The number of amides is 1. The first-order chi connectivity index (χ1) is 12.7. The molecule has 0 unspecified atom stereocenters. The zero-order valence-corrected chi connectivity index (χ0v) is 15.5. The topological polar surface area (TPSA) is 63.6 Å². The van der Waals surface area contributed by atoms with Gasteiger partial charge in [0.1, 0.15) is 0 Å². The summed E-state index contributed by atoms with van der Waals surface area (Å²) in [6.07, 6.45) is 3.95. The molecule has 26 heavy (non-hydrogen) atoms. The van der Waals surface area contributed by atoms with E-state index >= 15 is 0 Å². The van der Waals surface area contributed by atoms with E-state index in [1.807, 2.05) is 18.2 Å². The highest BCUT2D eigenvalue weighted by atomic mass is 16.5. The van der Waals surface area contributed by atoms with E-state index < -0.39 is 0 Å². The molecule has 0 saturated carbocycles. The third kappa shape index (κ3) is 3.81. The second-order valence-corrected chi connectivity index (χ2v) is 6.71. The smallest absolute Gasteiger partial charge is 0.258 e. The third-order valence-corrected chi connectivity index (χ3v) is 5.18. The van der Waals surface area contributed by atoms with Crippen molar-refractivity contribution in [1.82, 2.24) is 14.8 Å². The normalized spacial score (nSPS) is 17.7. The van der Waals surface area contributed by atoms with Crippen molar-refractivity contribution in [3.8, 4) is 0 Å². The molecule has 1 aliphatic heterocycles. The SMILES string of the molecule is CCN1CCC[C@@H]1CNC(=O)c1cn(CCOC)c(=O)c2ccccc12. The standard InChI is InChI=1S/C20H27N3O3/c1-3-22-10-6-7-15(22)13-21-19(24)18-14-23(11-12-26-2)20(25)17-9-5-4-8-16(17)18/h4-5,8-9,14-15H,3,6-7,10-13H2,1-2H3,(H,21,24)/t15-/m1/s1. The van der Waals surface area contributed by atoms with Crippen molar-refractivity contribution in [2.24, 2.45) is 0 Å². The van der Waals surface area contributed by atoms with Gasteiger partial charge in [-0.25, -0.2) is 0 Å². The molecule has 1 N–H and O–H groups in total. The molecule has 1 saturated heterocycles. The molecule has 3 rings (SSSR count). The minimum atomic E-state index is -0.129. The van der Waals surface area contributed by atoms with Crippen LogP contribution >= 0.6 is 0 Å². The summed E-state index contributed by atoms with van der Waals surface area (Å²) in [7, 11) is 1.60. The van der Waals surface area contributed by atoms with Crippen molar-refractivity contribution in [2.75, 3.05) is 33.4 Å². The van der Waals surface area contributed by atoms with Crippen molar-refractivity contribution in [3.05, 3.63) is 46.4 Å². The zero-order chi connectivity index (χ0) is 18.5. The molecule has 6 nitrogen and oxygen atoms in total. The molecule has 0 radical (unpaired) electrons. The van der Waals surface area contributed by atoms with E-state index in [1.54, 1.807) is 23.9 Å². The molecule has 0 aliphatic carbocycles. The van der Waals surface area contributed by atoms with E-state index in [2.05, 4.69) is 17.1 Å². The van der Waals surface area contributed by atoms with Crippen LogP contribution < -0.4 is 10.9 Å². The summed E-state index contributed by atoms with van der Waals surface area (Å²) >= 11 is 0. The van der Waals surface area contributed by atoms with Crippen molar-refractivity contribution in [3.63, 3.8) is 0 Å². The van der Waals surface area contributed by atoms with Crippen molar-refractivity contribution < 1.29 is 9.53 Å². The predicted octanol–water partition coefficient (Wildman–Crippen LogP) is 1.86. The van der Waals surface area contributed by atoms with Gasteiger partial charge in [0.25, 0.3) is 11.5 Å². The molecular formula is C20H27N3O3. The predicted molar refractivity (Wildman–Crippen MR) is 103 cm³/mol. The Kier molecular flexibility index (Phi) is 6.06. The summed E-state index contributed by atoms with van der Waals surface area (Å²) in [5, 5.41) is 4.33. The van der Waals surface area contributed by atoms with Crippen LogP contribution in [-0.4, -0.2) is 54.8 Å². The highest BCUT2D eigenvalue weighted by Gasteiger charge is 2.24. The number of nitrogens with zero attached hydrogens (tertiary/aromatic N) is 2. The molecule has 1 aromatic carbocycles. The Labute approximate surface area is 153 Å². The fourth-order valence-corrected chi connectivity index (χ4v) is 3.73. The number of methoxy groups -OCH3 is 1. The molecule has 2 aromatic rings. The summed E-state index contributed by atoms with van der Waals surface area (Å²) in [6, 6.07) is 7.68. The minimum Gasteiger partial charge on any atom is -0.383 e. The number of hydrogen-bond acceptors (Lipinski definition) is 4. The average Bonchev–Trinajstić information content (AvgIpc) is 3.13. The van der Waals surface area contributed by atoms with Crippen LogP contribution in [0.2, 0.25) is 0 Å². The van der Waals surface area contributed by atoms with Crippen LogP contribution in [0.25, 0.3) is 10.8 Å². The summed E-state index contributed by atoms with van der Waals surface area (Å²) in [5.74, 6) is -0.129. The van der Waals surface area contributed by atoms with E-state index in [0.717, 1.165) is 19.5 Å². The Hall–Kier alpha value is -2.18. The Morgan fingerprint density at radius 1 is 1.31 bits per heavy atom. The van der Waals surface area contributed by atoms with Gasteiger partial charge in [-0.2, -0.15) is 0 Å². The van der Waals surface area contributed by atoms with E-state index in [0.29, 0.717) is 42.1 Å². The van der Waals surface area contributed by atoms with Crippen LogP contribution in [0.5, 0.6) is 0 Å². The van der Waals surface area contributed by atoms with Gasteiger partial charge in [0.15, 0.2) is 0 Å². The lowest BCUT2D eigenvalue weighted by Crippen LogP contribution is -2.40. The van der Waals surface area contributed by atoms with Crippen LogP contribution in [0.3, 0.4) is 0 Å². The maximum atomic E-state index is 12.9. The van der Waals surface area contributed by atoms with E-state index in [1.165, 1.54) is 6.42 Å². The van der Waals surface area contributed by atoms with Crippen LogP contribution in [0.4, 0.5) is 0 Å². The number of nitrogens with one attached hydrogen (secondary N) is 1. The van der Waals surface area contributed by atoms with E-state index in [4.69, 9.17) is 4.74 Å². The summed E-state index contributed by atoms with van der Waals surface area (Å²) in [6.45, 7) is 5.74. The number of aromatic nitrogens is 1. The lowest BCUT2D eigenvalue weighted by Gasteiger charge is -2.23. The quantitative estimate of drug-likeness (QED) is 0.822. The third-order valence-electron chi connectivity index (χ3n) is 5.18. The van der Waals surface area contributed by atoms with Crippen molar-refractivity contribution in [2.45, 2.75) is 32.4 Å². The van der Waals surface area contributed by atoms with Gasteiger partial charge in [-0.05, 0) is 32.0 Å². The van der Waals surface area contributed by atoms with Gasteiger partial charge in [-0.3, -0.25) is 14.5 Å². The first-order valence-corrected chi connectivity index (χ1v) is 9.29. The van der Waals surface area contributed by atoms with Crippen LogP contribution in [0, 0.1) is 0 Å². The number of likely N-dealkylation sites (tertiary alicyclic amines) is 1. The Balaban J connectivity index is 1.86. The summed E-state index contributed by atoms with van der Waals surface area (Å²) in [4.78, 5) is 27.9. The summed E-state index contributed by atoms with van der Waals surface area (Å²) in [5.41, 5.74) is 0.444. The largest absolute Gasteiger partial charge is 0.383 e. The number of pyridine rings is 1. The lowest BCUT2D eigenvalue weighted by molar-refractivity contribution is 0.0942. The van der Waals surface area contributed by atoms with Crippen LogP contribution in [0.15, 0.2) is 35.3 Å². The van der Waals surface area contributed by atoms with Crippen LogP contribution in [-0.2, 0) is 11.3 Å².